The molecule has 0 bridgehead atoms. The molecule has 8 nitrogen and oxygen atoms in total. The molecule has 4 rings (SSSR count). The van der Waals surface area contributed by atoms with Crippen molar-refractivity contribution >= 4 is 12.1 Å². The molecule has 31 heavy (non-hydrogen) atoms. The van der Waals surface area contributed by atoms with Crippen LogP contribution in [0, 0.1) is 0 Å². The maximum atomic E-state index is 13.0. The molecule has 3 aliphatic rings. The second kappa shape index (κ2) is 8.94. The van der Waals surface area contributed by atoms with Crippen molar-refractivity contribution in [1.82, 2.24) is 24.9 Å². The van der Waals surface area contributed by atoms with Crippen LogP contribution in [0.5, 0.6) is 5.75 Å². The van der Waals surface area contributed by atoms with Gasteiger partial charge in [-0.25, -0.2) is 9.59 Å². The number of likely N-dealkylation sites (N-methyl/N-ethyl adjacent to an activating group) is 1. The molecule has 0 aromatic heterocycles. The van der Waals surface area contributed by atoms with Crippen LogP contribution in [0.1, 0.15) is 32.3 Å². The predicted octanol–water partition coefficient (Wildman–Crippen LogP) is 2.20. The third-order valence-corrected chi connectivity index (χ3v) is 6.56. The highest BCUT2D eigenvalue weighted by Crippen LogP contribution is 2.35. The van der Waals surface area contributed by atoms with Gasteiger partial charge < -0.3 is 29.7 Å². The number of piperazine rings is 1. The van der Waals surface area contributed by atoms with Crippen molar-refractivity contribution in [3.8, 4) is 5.75 Å². The van der Waals surface area contributed by atoms with Crippen LogP contribution in [0.15, 0.2) is 24.3 Å². The van der Waals surface area contributed by atoms with Crippen LogP contribution in [0.3, 0.4) is 0 Å². The van der Waals surface area contributed by atoms with Gasteiger partial charge in [-0.15, -0.1) is 0 Å². The van der Waals surface area contributed by atoms with Crippen molar-refractivity contribution in [2.45, 2.75) is 44.9 Å². The van der Waals surface area contributed by atoms with E-state index in [4.69, 9.17) is 4.74 Å². The molecule has 0 aliphatic carbocycles. The normalized spacial score (nSPS) is 21.5. The Morgan fingerprint density at radius 1 is 0.968 bits per heavy atom. The maximum Gasteiger partial charge on any atom is 0.320 e. The molecule has 2 saturated heterocycles. The van der Waals surface area contributed by atoms with Gasteiger partial charge in [-0.05, 0) is 27.0 Å². The Balaban J connectivity index is 1.47. The number of hydrogen-bond donors (Lipinski definition) is 1. The van der Waals surface area contributed by atoms with Crippen molar-refractivity contribution < 1.29 is 14.3 Å². The van der Waals surface area contributed by atoms with Crippen LogP contribution in [0.2, 0.25) is 0 Å². The number of urea groups is 2. The van der Waals surface area contributed by atoms with Crippen LogP contribution in [0.4, 0.5) is 9.59 Å². The van der Waals surface area contributed by atoms with Gasteiger partial charge in [0.2, 0.25) is 0 Å². The third kappa shape index (κ3) is 4.89. The summed E-state index contributed by atoms with van der Waals surface area (Å²) in [6, 6.07) is 8.11. The summed E-state index contributed by atoms with van der Waals surface area (Å²) in [7, 11) is 2.09. The molecule has 4 amide bonds. The van der Waals surface area contributed by atoms with E-state index in [1.165, 1.54) is 0 Å². The molecule has 3 aliphatic heterocycles. The van der Waals surface area contributed by atoms with Gasteiger partial charge in [0.15, 0.2) is 0 Å². The standard InChI is InChI=1S/C23H35N5O3/c1-18(2)24-21(29)28-16-19-6-4-5-7-20(19)31-23(17-28)8-10-26(11-9-23)22(30)27-14-12-25(3)13-15-27/h4-7,18H,8-17H2,1-3H3,(H,24,29). The molecule has 1 N–H and O–H groups in total. The number of hydrogen-bond acceptors (Lipinski definition) is 4. The molecule has 1 spiro atoms. The number of piperidine rings is 1. The summed E-state index contributed by atoms with van der Waals surface area (Å²) in [5, 5.41) is 3.02. The second-order valence-electron chi connectivity index (χ2n) is 9.41. The topological polar surface area (TPSA) is 68.4 Å². The lowest BCUT2D eigenvalue weighted by Crippen LogP contribution is -2.59. The van der Waals surface area contributed by atoms with E-state index in [1.807, 2.05) is 52.8 Å². The highest BCUT2D eigenvalue weighted by atomic mass is 16.5. The van der Waals surface area contributed by atoms with Gasteiger partial charge in [-0.2, -0.15) is 0 Å². The lowest BCUT2D eigenvalue weighted by molar-refractivity contribution is -0.00706. The first-order valence-corrected chi connectivity index (χ1v) is 11.4. The smallest absolute Gasteiger partial charge is 0.320 e. The van der Waals surface area contributed by atoms with Gasteiger partial charge in [0.05, 0.1) is 13.1 Å². The SMILES string of the molecule is CC(C)NC(=O)N1Cc2ccccc2OC2(CCN(C(=O)N3CCN(C)CC3)CC2)C1. The number of rotatable bonds is 1. The fraction of sp³-hybridized carbons (Fsp3) is 0.652. The van der Waals surface area contributed by atoms with Crippen molar-refractivity contribution in [2.75, 3.05) is 52.9 Å². The van der Waals surface area contributed by atoms with Crippen molar-refractivity contribution in [3.63, 3.8) is 0 Å². The molecule has 0 saturated carbocycles. The number of likely N-dealkylation sites (tertiary alicyclic amines) is 1. The van der Waals surface area contributed by atoms with Crippen molar-refractivity contribution in [1.29, 1.82) is 0 Å². The highest BCUT2D eigenvalue weighted by Gasteiger charge is 2.43. The number of fused-ring (bicyclic) bond motifs is 1. The van der Waals surface area contributed by atoms with E-state index in [1.54, 1.807) is 0 Å². The van der Waals surface area contributed by atoms with Gasteiger partial charge in [0, 0.05) is 63.7 Å². The van der Waals surface area contributed by atoms with Crippen LogP contribution >= 0.6 is 0 Å². The van der Waals surface area contributed by atoms with Gasteiger partial charge in [0.1, 0.15) is 11.4 Å². The van der Waals surface area contributed by atoms with Gasteiger partial charge in [-0.1, -0.05) is 18.2 Å². The van der Waals surface area contributed by atoms with E-state index in [0.29, 0.717) is 39.0 Å². The molecule has 1 aromatic rings. The molecule has 1 aromatic carbocycles. The van der Waals surface area contributed by atoms with Crippen LogP contribution < -0.4 is 10.1 Å². The summed E-state index contributed by atoms with van der Waals surface area (Å²) >= 11 is 0. The quantitative estimate of drug-likeness (QED) is 0.743. The lowest BCUT2D eigenvalue weighted by Gasteiger charge is -2.44. The number of carbonyl (C=O) groups excluding carboxylic acids is 2. The van der Waals surface area contributed by atoms with E-state index in [9.17, 15) is 9.59 Å². The molecule has 170 valence electrons. The van der Waals surface area contributed by atoms with Crippen molar-refractivity contribution in [2.24, 2.45) is 0 Å². The number of nitrogens with one attached hydrogen (secondary N) is 1. The van der Waals surface area contributed by atoms with E-state index < -0.39 is 5.60 Å². The van der Waals surface area contributed by atoms with Crippen LogP contribution in [0.25, 0.3) is 0 Å². The summed E-state index contributed by atoms with van der Waals surface area (Å²) in [6.45, 7) is 9.69. The average Bonchev–Trinajstić information content (AvgIpc) is 2.90. The number of benzene rings is 1. The molecular formula is C23H35N5O3. The molecule has 8 heteroatoms. The Bertz CT molecular complexity index is 798. The Kier molecular flexibility index (Phi) is 6.27. The number of carbonyl (C=O) groups is 2. The second-order valence-corrected chi connectivity index (χ2v) is 9.41. The summed E-state index contributed by atoms with van der Waals surface area (Å²) in [5.41, 5.74) is 0.550. The van der Waals surface area contributed by atoms with E-state index in [-0.39, 0.29) is 18.1 Å². The molecule has 2 fully saturated rings. The maximum absolute atomic E-state index is 13.0. The van der Waals surface area contributed by atoms with Crippen LogP contribution in [-0.2, 0) is 6.54 Å². The first-order valence-electron chi connectivity index (χ1n) is 11.4. The summed E-state index contributed by atoms with van der Waals surface area (Å²) in [4.78, 5) is 33.9. The van der Waals surface area contributed by atoms with Gasteiger partial charge in [-0.3, -0.25) is 0 Å². The molecular weight excluding hydrogens is 394 g/mol. The molecule has 0 radical (unpaired) electrons. The Labute approximate surface area is 185 Å². The van der Waals surface area contributed by atoms with Gasteiger partial charge >= 0.3 is 12.1 Å². The Hall–Kier alpha value is -2.48. The zero-order valence-corrected chi connectivity index (χ0v) is 19.0. The minimum atomic E-state index is -0.472. The van der Waals surface area contributed by atoms with E-state index in [2.05, 4.69) is 17.3 Å². The lowest BCUT2D eigenvalue weighted by atomic mass is 9.90. The first-order chi connectivity index (χ1) is 14.8. The summed E-state index contributed by atoms with van der Waals surface area (Å²) < 4.78 is 6.58. The Morgan fingerprint density at radius 2 is 1.61 bits per heavy atom. The van der Waals surface area contributed by atoms with E-state index in [0.717, 1.165) is 37.5 Å². The third-order valence-electron chi connectivity index (χ3n) is 6.56. The minimum Gasteiger partial charge on any atom is -0.485 e. The Morgan fingerprint density at radius 3 is 2.29 bits per heavy atom. The average molecular weight is 430 g/mol. The monoisotopic (exact) mass is 429 g/mol. The van der Waals surface area contributed by atoms with E-state index >= 15 is 0 Å². The number of para-hydroxylation sites is 1. The highest BCUT2D eigenvalue weighted by molar-refractivity contribution is 5.75. The first kappa shape index (κ1) is 21.7. The largest absolute Gasteiger partial charge is 0.485 e. The molecule has 0 atom stereocenters. The zero-order chi connectivity index (χ0) is 22.0. The minimum absolute atomic E-state index is 0.0642. The fourth-order valence-corrected chi connectivity index (χ4v) is 4.65. The number of ether oxygens (including phenoxy) is 1. The van der Waals surface area contributed by atoms with Crippen LogP contribution in [-0.4, -0.2) is 96.2 Å². The molecule has 3 heterocycles. The summed E-state index contributed by atoms with van der Waals surface area (Å²) in [5.74, 6) is 0.848. The number of nitrogens with zero attached hydrogens (tertiary/aromatic N) is 4. The number of amides is 4. The molecule has 0 unspecified atom stereocenters. The zero-order valence-electron chi connectivity index (χ0n) is 19.0. The fourth-order valence-electron chi connectivity index (χ4n) is 4.65. The van der Waals surface area contributed by atoms with Gasteiger partial charge in [0.25, 0.3) is 0 Å². The van der Waals surface area contributed by atoms with Crippen molar-refractivity contribution in [3.05, 3.63) is 29.8 Å². The summed E-state index contributed by atoms with van der Waals surface area (Å²) in [6.07, 6.45) is 1.43. The predicted molar refractivity (Wildman–Crippen MR) is 119 cm³/mol.